The van der Waals surface area contributed by atoms with E-state index in [1.54, 1.807) is 0 Å². The van der Waals surface area contributed by atoms with Gasteiger partial charge < -0.3 is 25.2 Å². The quantitative estimate of drug-likeness (QED) is 0.726. The van der Waals surface area contributed by atoms with Gasteiger partial charge in [0.15, 0.2) is 0 Å². The highest BCUT2D eigenvalue weighted by Crippen LogP contribution is 2.29. The molecule has 2 rings (SSSR count). The largest absolute Gasteiger partial charge is 0.490 e. The maximum Gasteiger partial charge on any atom is 0.239 e. The third-order valence-electron chi connectivity index (χ3n) is 5.14. The van der Waals surface area contributed by atoms with Gasteiger partial charge in [0.2, 0.25) is 5.91 Å². The Morgan fingerprint density at radius 2 is 1.85 bits per heavy atom. The Bertz CT molecular complexity index is 577. The van der Waals surface area contributed by atoms with Gasteiger partial charge in [-0.15, -0.1) is 12.4 Å². The highest BCUT2D eigenvalue weighted by molar-refractivity contribution is 5.85. The van der Waals surface area contributed by atoms with Crippen molar-refractivity contribution in [3.63, 3.8) is 0 Å². The zero-order chi connectivity index (χ0) is 19.1. The summed E-state index contributed by atoms with van der Waals surface area (Å²) in [6, 6.07) is 7.74. The second-order valence-electron chi connectivity index (χ2n) is 7.34. The van der Waals surface area contributed by atoms with Crippen molar-refractivity contribution in [2.24, 2.45) is 11.7 Å². The topological polar surface area (TPSA) is 62.0 Å². The lowest BCUT2D eigenvalue weighted by Crippen LogP contribution is -2.54. The lowest BCUT2D eigenvalue weighted by Gasteiger charge is -2.38. The fourth-order valence-corrected chi connectivity index (χ4v) is 3.05. The number of nitrogens with zero attached hydrogens (tertiary/aromatic N) is 3. The number of para-hydroxylation sites is 2. The van der Waals surface area contributed by atoms with Gasteiger partial charge in [-0.2, -0.15) is 0 Å². The number of hydrogen-bond donors (Lipinski definition) is 1. The Kier molecular flexibility index (Phi) is 9.91. The van der Waals surface area contributed by atoms with Crippen LogP contribution in [0.3, 0.4) is 0 Å². The predicted molar refractivity (Wildman–Crippen MR) is 114 cm³/mol. The standard InChI is InChI=1S/C20H34N4O2.ClH/c1-5-16(2)19(21)20(25)24-12-10-23(11-13-24)17-8-6-7-9-18(17)26-15-14-22(3)4;/h6-9,16,19H,5,10-15,21H2,1-4H3;1H. The van der Waals surface area contributed by atoms with E-state index in [2.05, 4.69) is 22.8 Å². The van der Waals surface area contributed by atoms with Gasteiger partial charge >= 0.3 is 0 Å². The van der Waals surface area contributed by atoms with Gasteiger partial charge in [0.1, 0.15) is 12.4 Å². The molecule has 1 fully saturated rings. The molecular formula is C20H35ClN4O2. The maximum absolute atomic E-state index is 12.6. The number of anilines is 1. The molecule has 0 aromatic heterocycles. The van der Waals surface area contributed by atoms with E-state index in [-0.39, 0.29) is 24.2 Å². The molecule has 1 aliphatic rings. The molecule has 154 valence electrons. The van der Waals surface area contributed by atoms with Crippen molar-refractivity contribution in [3.8, 4) is 5.75 Å². The summed E-state index contributed by atoms with van der Waals surface area (Å²) in [4.78, 5) is 18.9. The van der Waals surface area contributed by atoms with Crippen LogP contribution in [0.25, 0.3) is 0 Å². The number of carbonyl (C=O) groups is 1. The molecule has 2 unspecified atom stereocenters. The van der Waals surface area contributed by atoms with E-state index in [1.807, 2.05) is 44.1 Å². The maximum atomic E-state index is 12.6. The van der Waals surface area contributed by atoms with Gasteiger partial charge in [-0.05, 0) is 32.1 Å². The zero-order valence-corrected chi connectivity index (χ0v) is 17.9. The van der Waals surface area contributed by atoms with E-state index in [0.29, 0.717) is 19.7 Å². The molecule has 2 N–H and O–H groups in total. The highest BCUT2D eigenvalue weighted by Gasteiger charge is 2.28. The van der Waals surface area contributed by atoms with Gasteiger partial charge in [0.05, 0.1) is 11.7 Å². The van der Waals surface area contributed by atoms with Crippen molar-refractivity contribution in [1.82, 2.24) is 9.80 Å². The average molecular weight is 399 g/mol. The summed E-state index contributed by atoms with van der Waals surface area (Å²) in [6.45, 7) is 8.66. The molecule has 1 aromatic carbocycles. The van der Waals surface area contributed by atoms with Gasteiger partial charge in [0, 0.05) is 32.7 Å². The van der Waals surface area contributed by atoms with Gasteiger partial charge in [-0.3, -0.25) is 4.79 Å². The minimum atomic E-state index is -0.395. The number of halogens is 1. The molecule has 1 aromatic rings. The Balaban J connectivity index is 0.00000364. The highest BCUT2D eigenvalue weighted by atomic mass is 35.5. The summed E-state index contributed by atoms with van der Waals surface area (Å²) in [6.07, 6.45) is 0.921. The number of benzene rings is 1. The Labute approximate surface area is 170 Å². The van der Waals surface area contributed by atoms with Crippen LogP contribution in [-0.4, -0.2) is 75.2 Å². The molecule has 0 radical (unpaired) electrons. The SMILES string of the molecule is CCC(C)C(N)C(=O)N1CCN(c2ccccc2OCCN(C)C)CC1.Cl. The Morgan fingerprint density at radius 3 is 2.44 bits per heavy atom. The van der Waals surface area contributed by atoms with E-state index in [0.717, 1.165) is 37.5 Å². The lowest BCUT2D eigenvalue weighted by atomic mass is 9.98. The lowest BCUT2D eigenvalue weighted by molar-refractivity contribution is -0.134. The molecule has 0 saturated carbocycles. The molecule has 2 atom stereocenters. The fraction of sp³-hybridized carbons (Fsp3) is 0.650. The van der Waals surface area contributed by atoms with Crippen LogP contribution in [0, 0.1) is 5.92 Å². The number of rotatable bonds is 8. The molecule has 27 heavy (non-hydrogen) atoms. The third-order valence-corrected chi connectivity index (χ3v) is 5.14. The molecule has 6 nitrogen and oxygen atoms in total. The van der Waals surface area contributed by atoms with Crippen LogP contribution in [0.15, 0.2) is 24.3 Å². The van der Waals surface area contributed by atoms with Crippen molar-refractivity contribution >= 4 is 24.0 Å². The molecule has 0 spiro atoms. The van der Waals surface area contributed by atoms with Crippen molar-refractivity contribution in [2.75, 3.05) is 58.3 Å². The first-order valence-corrected chi connectivity index (χ1v) is 9.60. The molecule has 0 bridgehead atoms. The summed E-state index contributed by atoms with van der Waals surface area (Å²) in [5.74, 6) is 1.20. The molecule has 1 heterocycles. The minimum Gasteiger partial charge on any atom is -0.490 e. The van der Waals surface area contributed by atoms with E-state index in [4.69, 9.17) is 10.5 Å². The number of nitrogens with two attached hydrogens (primary N) is 1. The number of ether oxygens (including phenoxy) is 1. The van der Waals surface area contributed by atoms with Crippen molar-refractivity contribution < 1.29 is 9.53 Å². The summed E-state index contributed by atoms with van der Waals surface area (Å²) in [7, 11) is 4.07. The normalized spacial score (nSPS) is 16.7. The number of hydrogen-bond acceptors (Lipinski definition) is 5. The number of amides is 1. The summed E-state index contributed by atoms with van der Waals surface area (Å²) >= 11 is 0. The van der Waals surface area contributed by atoms with Gasteiger partial charge in [0.25, 0.3) is 0 Å². The monoisotopic (exact) mass is 398 g/mol. The second kappa shape index (κ2) is 11.4. The zero-order valence-electron chi connectivity index (χ0n) is 17.1. The van der Waals surface area contributed by atoms with Crippen LogP contribution >= 0.6 is 12.4 Å². The van der Waals surface area contributed by atoms with Crippen LogP contribution in [0.1, 0.15) is 20.3 Å². The van der Waals surface area contributed by atoms with E-state index in [1.165, 1.54) is 0 Å². The second-order valence-corrected chi connectivity index (χ2v) is 7.34. The smallest absolute Gasteiger partial charge is 0.239 e. The van der Waals surface area contributed by atoms with Crippen LogP contribution < -0.4 is 15.4 Å². The first kappa shape index (κ1) is 23.5. The van der Waals surface area contributed by atoms with E-state index < -0.39 is 6.04 Å². The van der Waals surface area contributed by atoms with Crippen LogP contribution in [0.4, 0.5) is 5.69 Å². The van der Waals surface area contributed by atoms with Crippen molar-refractivity contribution in [3.05, 3.63) is 24.3 Å². The molecular weight excluding hydrogens is 364 g/mol. The minimum absolute atomic E-state index is 0. The molecule has 7 heteroatoms. The molecule has 1 aliphatic heterocycles. The molecule has 0 aliphatic carbocycles. The Hall–Kier alpha value is -1.50. The van der Waals surface area contributed by atoms with Gasteiger partial charge in [-0.25, -0.2) is 0 Å². The number of likely N-dealkylation sites (N-methyl/N-ethyl adjacent to an activating group) is 1. The summed E-state index contributed by atoms with van der Waals surface area (Å²) in [5, 5.41) is 0. The Morgan fingerprint density at radius 1 is 1.22 bits per heavy atom. The summed E-state index contributed by atoms with van der Waals surface area (Å²) < 4.78 is 5.98. The fourth-order valence-electron chi connectivity index (χ4n) is 3.05. The molecule has 1 amide bonds. The van der Waals surface area contributed by atoms with E-state index in [9.17, 15) is 4.79 Å². The van der Waals surface area contributed by atoms with Crippen molar-refractivity contribution in [2.45, 2.75) is 26.3 Å². The first-order chi connectivity index (χ1) is 12.4. The van der Waals surface area contributed by atoms with Crippen LogP contribution in [0.5, 0.6) is 5.75 Å². The molecule has 1 saturated heterocycles. The number of piperazine rings is 1. The van der Waals surface area contributed by atoms with Gasteiger partial charge in [-0.1, -0.05) is 32.4 Å². The first-order valence-electron chi connectivity index (χ1n) is 9.60. The van der Waals surface area contributed by atoms with E-state index >= 15 is 0 Å². The van der Waals surface area contributed by atoms with Crippen LogP contribution in [0.2, 0.25) is 0 Å². The predicted octanol–water partition coefficient (Wildman–Crippen LogP) is 2.07. The summed E-state index contributed by atoms with van der Waals surface area (Å²) in [5.41, 5.74) is 7.22. The third kappa shape index (κ3) is 6.55. The van der Waals surface area contributed by atoms with Crippen molar-refractivity contribution in [1.29, 1.82) is 0 Å². The van der Waals surface area contributed by atoms with Crippen LogP contribution in [-0.2, 0) is 4.79 Å². The average Bonchev–Trinajstić information content (AvgIpc) is 2.66. The number of carbonyl (C=O) groups excluding carboxylic acids is 1.